The molecule has 4 nitrogen and oxygen atoms in total. The predicted octanol–water partition coefficient (Wildman–Crippen LogP) is 3.16. The topological polar surface area (TPSA) is 72.7 Å². The highest BCUT2D eigenvalue weighted by Crippen LogP contribution is 2.16. The van der Waals surface area contributed by atoms with E-state index in [9.17, 15) is 15.3 Å². The molecule has 5 heteroatoms. The minimum Gasteiger partial charge on any atom is -0.508 e. The standard InChI is InChI=1S/C18H23NO3.ClH/c1-13(2-3-14-4-8-16(20)9-5-14)19-12-18(22)15-6-10-17(21)11-7-15;/h4-11,13,18-22H,2-3,12H2,1H3;1H/i4D,5D,8D,9D,18D;. The summed E-state index contributed by atoms with van der Waals surface area (Å²) in [5.74, 6) is -0.613. The molecule has 2 aromatic rings. The van der Waals surface area contributed by atoms with Gasteiger partial charge in [-0.15, -0.1) is 12.4 Å². The van der Waals surface area contributed by atoms with Crippen LogP contribution in [0.5, 0.6) is 11.5 Å². The summed E-state index contributed by atoms with van der Waals surface area (Å²) in [6, 6.07) is 4.11. The molecule has 0 saturated heterocycles. The molecule has 0 saturated carbocycles. The molecule has 0 aliphatic carbocycles. The Labute approximate surface area is 150 Å². The van der Waals surface area contributed by atoms with Crippen molar-refractivity contribution in [1.29, 1.82) is 0 Å². The van der Waals surface area contributed by atoms with Crippen LogP contribution in [-0.4, -0.2) is 27.9 Å². The number of aliphatic hydroxyl groups is 1. The van der Waals surface area contributed by atoms with E-state index in [1.807, 2.05) is 6.92 Å². The molecule has 0 heterocycles. The van der Waals surface area contributed by atoms with Crippen molar-refractivity contribution in [2.75, 3.05) is 6.54 Å². The van der Waals surface area contributed by atoms with Crippen molar-refractivity contribution in [2.45, 2.75) is 31.9 Å². The number of benzene rings is 2. The maximum Gasteiger partial charge on any atom is 0.115 e. The molecule has 4 N–H and O–H groups in total. The second-order valence-corrected chi connectivity index (χ2v) is 5.14. The highest BCUT2D eigenvalue weighted by Gasteiger charge is 2.09. The number of phenols is 2. The quantitative estimate of drug-likeness (QED) is 0.623. The van der Waals surface area contributed by atoms with E-state index in [0.29, 0.717) is 12.0 Å². The molecule has 126 valence electrons. The van der Waals surface area contributed by atoms with E-state index in [1.165, 1.54) is 24.3 Å². The maximum atomic E-state index is 10.3. The van der Waals surface area contributed by atoms with E-state index in [1.54, 1.807) is 0 Å². The number of halogens is 1. The fourth-order valence-electron chi connectivity index (χ4n) is 1.95. The first kappa shape index (κ1) is 12.6. The van der Waals surface area contributed by atoms with E-state index >= 15 is 0 Å². The summed E-state index contributed by atoms with van der Waals surface area (Å²) in [6.07, 6.45) is -1.18. The van der Waals surface area contributed by atoms with Gasteiger partial charge in [0.25, 0.3) is 0 Å². The van der Waals surface area contributed by atoms with Crippen LogP contribution in [0.15, 0.2) is 48.4 Å². The van der Waals surface area contributed by atoms with Crippen molar-refractivity contribution >= 4 is 12.4 Å². The number of hydrogen-bond donors (Lipinski definition) is 4. The predicted molar refractivity (Wildman–Crippen MR) is 94.2 cm³/mol. The lowest BCUT2D eigenvalue weighted by Crippen LogP contribution is -2.30. The van der Waals surface area contributed by atoms with Gasteiger partial charge in [-0.3, -0.25) is 0 Å². The third-order valence-electron chi connectivity index (χ3n) is 3.31. The summed E-state index contributed by atoms with van der Waals surface area (Å²) in [5, 5.41) is 32.2. The molecule has 2 unspecified atom stereocenters. The SMILES string of the molecule is Cl.[2H]c1c([2H])c(CCC(C)NCC([2H])(O)c2ccc(O)cc2)c([2H])c([2H])c1O. The Bertz CT molecular complexity index is 789. The molecule has 0 aliphatic rings. The molecule has 2 aromatic carbocycles. The summed E-state index contributed by atoms with van der Waals surface area (Å²) >= 11 is 0. The molecule has 2 atom stereocenters. The Morgan fingerprint density at radius 3 is 2.30 bits per heavy atom. The number of nitrogens with one attached hydrogen (secondary N) is 1. The van der Waals surface area contributed by atoms with E-state index in [4.69, 9.17) is 6.85 Å². The molecule has 0 radical (unpaired) electrons. The Hall–Kier alpha value is -1.75. The smallest absolute Gasteiger partial charge is 0.115 e. The van der Waals surface area contributed by atoms with Crippen LogP contribution < -0.4 is 5.32 Å². The summed E-state index contributed by atoms with van der Waals surface area (Å²) in [6.45, 7) is 1.76. The van der Waals surface area contributed by atoms with Crippen LogP contribution in [0.1, 0.15) is 37.4 Å². The van der Waals surface area contributed by atoms with Crippen molar-refractivity contribution in [2.24, 2.45) is 0 Å². The summed E-state index contributed by atoms with van der Waals surface area (Å²) in [7, 11) is 0. The average molecular weight is 343 g/mol. The monoisotopic (exact) mass is 342 g/mol. The van der Waals surface area contributed by atoms with Gasteiger partial charge in [-0.05, 0) is 55.1 Å². The Balaban J connectivity index is 0.00000392. The second kappa shape index (κ2) is 9.40. The molecule has 2 rings (SSSR count). The zero-order valence-corrected chi connectivity index (χ0v) is 13.6. The molecule has 0 amide bonds. The van der Waals surface area contributed by atoms with Gasteiger partial charge >= 0.3 is 0 Å². The van der Waals surface area contributed by atoms with Gasteiger partial charge < -0.3 is 20.6 Å². The first-order chi connectivity index (χ1) is 12.5. The summed E-state index contributed by atoms with van der Waals surface area (Å²) in [4.78, 5) is 0. The highest BCUT2D eigenvalue weighted by atomic mass is 35.5. The number of aromatic hydroxyl groups is 2. The van der Waals surface area contributed by atoms with Gasteiger partial charge in [-0.25, -0.2) is 0 Å². The van der Waals surface area contributed by atoms with Crippen molar-refractivity contribution in [1.82, 2.24) is 5.32 Å². The van der Waals surface area contributed by atoms with Gasteiger partial charge in [-0.2, -0.15) is 0 Å². The van der Waals surface area contributed by atoms with Crippen LogP contribution in [0.3, 0.4) is 0 Å². The van der Waals surface area contributed by atoms with E-state index in [-0.39, 0.29) is 54.8 Å². The van der Waals surface area contributed by atoms with Gasteiger partial charge in [-0.1, -0.05) is 24.2 Å². The fraction of sp³-hybridized carbons (Fsp3) is 0.333. The van der Waals surface area contributed by atoms with Crippen molar-refractivity contribution < 1.29 is 22.2 Å². The zero-order valence-electron chi connectivity index (χ0n) is 17.8. The number of hydrogen-bond acceptors (Lipinski definition) is 4. The van der Waals surface area contributed by atoms with E-state index in [0.717, 1.165) is 0 Å². The molecule has 0 aromatic heterocycles. The largest absolute Gasteiger partial charge is 0.508 e. The zero-order chi connectivity index (χ0) is 20.4. The lowest BCUT2D eigenvalue weighted by atomic mass is 10.1. The van der Waals surface area contributed by atoms with Crippen molar-refractivity contribution in [3.8, 4) is 11.5 Å². The first-order valence-corrected chi connectivity index (χ1v) is 7.08. The van der Waals surface area contributed by atoms with Crippen LogP contribution in [0, 0.1) is 0 Å². The highest BCUT2D eigenvalue weighted by molar-refractivity contribution is 5.85. The van der Waals surface area contributed by atoms with Crippen molar-refractivity contribution in [3.05, 3.63) is 59.6 Å². The normalized spacial score (nSPS) is 17.6. The third-order valence-corrected chi connectivity index (χ3v) is 3.31. The molecule has 0 bridgehead atoms. The van der Waals surface area contributed by atoms with Crippen LogP contribution in [0.2, 0.25) is 0 Å². The number of phenolic OH excluding ortho intramolecular Hbond substituents is 2. The summed E-state index contributed by atoms with van der Waals surface area (Å²) < 4.78 is 39.1. The van der Waals surface area contributed by atoms with Crippen molar-refractivity contribution in [3.63, 3.8) is 0 Å². The first-order valence-electron chi connectivity index (χ1n) is 9.58. The van der Waals surface area contributed by atoms with E-state index in [2.05, 4.69) is 5.32 Å². The Morgan fingerprint density at radius 2 is 1.70 bits per heavy atom. The molecule has 0 spiro atoms. The Kier molecular flexibility index (Phi) is 5.17. The average Bonchev–Trinajstić information content (AvgIpc) is 2.63. The van der Waals surface area contributed by atoms with Gasteiger partial charge in [0.05, 0.1) is 12.9 Å². The lowest BCUT2D eigenvalue weighted by Gasteiger charge is -2.17. The molecular formula is C18H24ClNO3. The second-order valence-electron chi connectivity index (χ2n) is 5.14. The van der Waals surface area contributed by atoms with E-state index < -0.39 is 23.9 Å². The molecular weight excluding hydrogens is 314 g/mol. The minimum absolute atomic E-state index is 0. The molecule has 0 aliphatic heterocycles. The van der Waals surface area contributed by atoms with Gasteiger partial charge in [0.1, 0.15) is 11.5 Å². The molecule has 0 fully saturated rings. The molecule has 23 heavy (non-hydrogen) atoms. The van der Waals surface area contributed by atoms with Gasteiger partial charge in [0, 0.05) is 12.6 Å². The van der Waals surface area contributed by atoms with Gasteiger partial charge in [0.2, 0.25) is 0 Å². The number of rotatable bonds is 7. The van der Waals surface area contributed by atoms with Crippen LogP contribution in [0.25, 0.3) is 0 Å². The van der Waals surface area contributed by atoms with Crippen LogP contribution in [-0.2, 0) is 6.42 Å². The van der Waals surface area contributed by atoms with Gasteiger partial charge in [0.15, 0.2) is 0 Å². The van der Waals surface area contributed by atoms with Crippen LogP contribution in [0.4, 0.5) is 0 Å². The minimum atomic E-state index is -1.88. The lowest BCUT2D eigenvalue weighted by molar-refractivity contribution is 0.170. The third kappa shape index (κ3) is 6.48. The summed E-state index contributed by atoms with van der Waals surface area (Å²) in [5.41, 5.74) is 0.550. The maximum absolute atomic E-state index is 10.3. The Morgan fingerprint density at radius 1 is 1.09 bits per heavy atom. The fourth-order valence-corrected chi connectivity index (χ4v) is 1.95. The van der Waals surface area contributed by atoms with Crippen LogP contribution >= 0.6 is 12.4 Å².